The van der Waals surface area contributed by atoms with Gasteiger partial charge in [-0.2, -0.15) is 15.1 Å². The van der Waals surface area contributed by atoms with Crippen molar-refractivity contribution >= 4 is 28.5 Å². The Morgan fingerprint density at radius 1 is 0.903 bits per heavy atom. The van der Waals surface area contributed by atoms with Crippen molar-refractivity contribution in [2.45, 2.75) is 13.5 Å². The van der Waals surface area contributed by atoms with Crippen LogP contribution in [0.2, 0.25) is 0 Å². The Labute approximate surface area is 182 Å². The topological polar surface area (TPSA) is 62.1 Å². The van der Waals surface area contributed by atoms with E-state index < -0.39 is 0 Å². The molecule has 2 aromatic carbocycles. The van der Waals surface area contributed by atoms with E-state index in [1.54, 1.807) is 0 Å². The minimum Gasteiger partial charge on any atom is -0.339 e. The SMILES string of the molecule is Cc1ccccc1Nc1nc(N2CCN(Cc3ccccc3)CC2)nc2c1cnn2C. The average molecular weight is 414 g/mol. The van der Waals surface area contributed by atoms with E-state index in [0.29, 0.717) is 0 Å². The summed E-state index contributed by atoms with van der Waals surface area (Å²) in [5, 5.41) is 8.85. The zero-order valence-electron chi connectivity index (χ0n) is 18.0. The molecule has 3 heterocycles. The van der Waals surface area contributed by atoms with Crippen LogP contribution in [0.4, 0.5) is 17.5 Å². The van der Waals surface area contributed by atoms with E-state index in [-0.39, 0.29) is 0 Å². The maximum atomic E-state index is 4.92. The van der Waals surface area contributed by atoms with Crippen LogP contribution in [-0.2, 0) is 13.6 Å². The Balaban J connectivity index is 1.38. The first-order chi connectivity index (χ1) is 15.2. The predicted molar refractivity (Wildman–Crippen MR) is 125 cm³/mol. The smallest absolute Gasteiger partial charge is 0.229 e. The summed E-state index contributed by atoms with van der Waals surface area (Å²) < 4.78 is 1.81. The number of anilines is 3. The molecule has 1 aliphatic heterocycles. The molecular formula is C24H27N7. The van der Waals surface area contributed by atoms with Crippen LogP contribution in [0.3, 0.4) is 0 Å². The third kappa shape index (κ3) is 4.09. The van der Waals surface area contributed by atoms with Gasteiger partial charge in [-0.25, -0.2) is 0 Å². The van der Waals surface area contributed by atoms with Crippen molar-refractivity contribution in [2.24, 2.45) is 7.05 Å². The number of rotatable bonds is 5. The minimum absolute atomic E-state index is 0.756. The summed E-state index contributed by atoms with van der Waals surface area (Å²) in [6.45, 7) is 6.86. The third-order valence-corrected chi connectivity index (χ3v) is 5.88. The molecule has 7 nitrogen and oxygen atoms in total. The molecule has 0 saturated carbocycles. The van der Waals surface area contributed by atoms with Crippen LogP contribution < -0.4 is 10.2 Å². The number of para-hydroxylation sites is 1. The lowest BCUT2D eigenvalue weighted by atomic mass is 10.2. The fraction of sp³-hybridized carbons (Fsp3) is 0.292. The Morgan fingerprint density at radius 2 is 1.65 bits per heavy atom. The lowest BCUT2D eigenvalue weighted by molar-refractivity contribution is 0.249. The molecule has 4 aromatic rings. The van der Waals surface area contributed by atoms with Gasteiger partial charge in [-0.15, -0.1) is 0 Å². The van der Waals surface area contributed by atoms with Crippen LogP contribution in [0.1, 0.15) is 11.1 Å². The minimum atomic E-state index is 0.756. The number of nitrogens with one attached hydrogen (secondary N) is 1. The van der Waals surface area contributed by atoms with Gasteiger partial charge in [-0.3, -0.25) is 9.58 Å². The number of hydrogen-bond acceptors (Lipinski definition) is 6. The standard InChI is InChI=1S/C24H27N7/c1-18-8-6-7-11-21(18)26-22-20-16-25-29(2)23(20)28-24(27-22)31-14-12-30(13-15-31)17-19-9-4-3-5-10-19/h3-11,16H,12-15,17H2,1-2H3,(H,26,27,28). The molecule has 1 fully saturated rings. The van der Waals surface area contributed by atoms with E-state index in [4.69, 9.17) is 9.97 Å². The van der Waals surface area contributed by atoms with E-state index in [1.165, 1.54) is 11.1 Å². The second-order valence-electron chi connectivity index (χ2n) is 8.07. The van der Waals surface area contributed by atoms with Gasteiger partial charge in [0.1, 0.15) is 5.82 Å². The van der Waals surface area contributed by atoms with Crippen molar-refractivity contribution in [3.8, 4) is 0 Å². The first kappa shape index (κ1) is 19.5. The van der Waals surface area contributed by atoms with E-state index in [2.05, 4.69) is 69.6 Å². The summed E-state index contributed by atoms with van der Waals surface area (Å²) in [6.07, 6.45) is 1.83. The van der Waals surface area contributed by atoms with Crippen molar-refractivity contribution in [3.05, 3.63) is 71.9 Å². The molecule has 5 rings (SSSR count). The molecule has 0 aliphatic carbocycles. The molecule has 158 valence electrons. The largest absolute Gasteiger partial charge is 0.339 e. The van der Waals surface area contributed by atoms with E-state index in [1.807, 2.05) is 30.1 Å². The number of aryl methyl sites for hydroxylation is 2. The van der Waals surface area contributed by atoms with E-state index >= 15 is 0 Å². The summed E-state index contributed by atoms with van der Waals surface area (Å²) >= 11 is 0. The molecule has 2 aromatic heterocycles. The summed E-state index contributed by atoms with van der Waals surface area (Å²) in [7, 11) is 1.93. The number of nitrogens with zero attached hydrogens (tertiary/aromatic N) is 6. The van der Waals surface area contributed by atoms with Crippen LogP contribution in [0.5, 0.6) is 0 Å². The second-order valence-corrected chi connectivity index (χ2v) is 8.07. The third-order valence-electron chi connectivity index (χ3n) is 5.88. The molecule has 1 saturated heterocycles. The van der Waals surface area contributed by atoms with Crippen LogP contribution in [0.15, 0.2) is 60.8 Å². The highest BCUT2D eigenvalue weighted by atomic mass is 15.4. The normalized spacial score (nSPS) is 14.8. The highest BCUT2D eigenvalue weighted by Crippen LogP contribution is 2.28. The van der Waals surface area contributed by atoms with Crippen LogP contribution in [0.25, 0.3) is 11.0 Å². The van der Waals surface area contributed by atoms with Gasteiger partial charge >= 0.3 is 0 Å². The van der Waals surface area contributed by atoms with Crippen molar-refractivity contribution in [1.82, 2.24) is 24.6 Å². The molecule has 0 radical (unpaired) electrons. The number of fused-ring (bicyclic) bond motifs is 1. The van der Waals surface area contributed by atoms with Crippen molar-refractivity contribution in [2.75, 3.05) is 36.4 Å². The van der Waals surface area contributed by atoms with Gasteiger partial charge < -0.3 is 10.2 Å². The van der Waals surface area contributed by atoms with Crippen molar-refractivity contribution < 1.29 is 0 Å². The van der Waals surface area contributed by atoms with Gasteiger partial charge in [0, 0.05) is 45.5 Å². The van der Waals surface area contributed by atoms with Crippen molar-refractivity contribution in [3.63, 3.8) is 0 Å². The number of benzene rings is 2. The summed E-state index contributed by atoms with van der Waals surface area (Å²) in [4.78, 5) is 14.5. The lowest BCUT2D eigenvalue weighted by Crippen LogP contribution is -2.46. The van der Waals surface area contributed by atoms with Gasteiger partial charge in [0.15, 0.2) is 5.65 Å². The first-order valence-electron chi connectivity index (χ1n) is 10.7. The van der Waals surface area contributed by atoms with Gasteiger partial charge in [0.05, 0.1) is 11.6 Å². The first-order valence-corrected chi connectivity index (χ1v) is 10.7. The number of aromatic nitrogens is 4. The Hall–Kier alpha value is -3.45. The van der Waals surface area contributed by atoms with Crippen LogP contribution in [-0.4, -0.2) is 50.8 Å². The average Bonchev–Trinajstić information content (AvgIpc) is 3.17. The van der Waals surface area contributed by atoms with Gasteiger partial charge in [0.2, 0.25) is 5.95 Å². The highest BCUT2D eigenvalue weighted by molar-refractivity contribution is 5.89. The molecule has 7 heteroatoms. The van der Waals surface area contributed by atoms with E-state index in [9.17, 15) is 0 Å². The lowest BCUT2D eigenvalue weighted by Gasteiger charge is -2.34. The van der Waals surface area contributed by atoms with Crippen molar-refractivity contribution in [1.29, 1.82) is 0 Å². The molecule has 0 atom stereocenters. The van der Waals surface area contributed by atoms with Crippen LogP contribution >= 0.6 is 0 Å². The summed E-state index contributed by atoms with van der Waals surface area (Å²) in [5.41, 5.74) is 4.42. The molecular weight excluding hydrogens is 386 g/mol. The monoisotopic (exact) mass is 413 g/mol. The summed E-state index contributed by atoms with van der Waals surface area (Å²) in [6, 6.07) is 18.9. The van der Waals surface area contributed by atoms with E-state index in [0.717, 1.165) is 61.2 Å². The quantitative estimate of drug-likeness (QED) is 0.538. The van der Waals surface area contributed by atoms with Gasteiger partial charge in [-0.05, 0) is 24.1 Å². The predicted octanol–water partition coefficient (Wildman–Crippen LogP) is 3.74. The zero-order chi connectivity index (χ0) is 21.2. The Morgan fingerprint density at radius 3 is 2.42 bits per heavy atom. The summed E-state index contributed by atoms with van der Waals surface area (Å²) in [5.74, 6) is 1.56. The van der Waals surface area contributed by atoms with Gasteiger partial charge in [0.25, 0.3) is 0 Å². The molecule has 1 N–H and O–H groups in total. The van der Waals surface area contributed by atoms with Gasteiger partial charge in [-0.1, -0.05) is 48.5 Å². The maximum Gasteiger partial charge on any atom is 0.229 e. The van der Waals surface area contributed by atoms with Crippen LogP contribution in [0, 0.1) is 6.92 Å². The molecule has 31 heavy (non-hydrogen) atoms. The molecule has 0 amide bonds. The molecule has 0 bridgehead atoms. The number of hydrogen-bond donors (Lipinski definition) is 1. The number of piperazine rings is 1. The zero-order valence-corrected chi connectivity index (χ0v) is 18.0. The molecule has 0 spiro atoms. The molecule has 0 unspecified atom stereocenters. The molecule has 1 aliphatic rings. The Bertz CT molecular complexity index is 1180. The maximum absolute atomic E-state index is 4.92. The Kier molecular flexibility index (Phi) is 5.26. The fourth-order valence-electron chi connectivity index (χ4n) is 4.04. The fourth-order valence-corrected chi connectivity index (χ4v) is 4.04. The highest BCUT2D eigenvalue weighted by Gasteiger charge is 2.21. The second kappa shape index (κ2) is 8.35.